The van der Waals surface area contributed by atoms with Crippen LogP contribution >= 0.6 is 0 Å². The predicted molar refractivity (Wildman–Crippen MR) is 126 cm³/mol. The molecule has 6 atom stereocenters. The Kier molecular flexibility index (Phi) is 10.2. The summed E-state index contributed by atoms with van der Waals surface area (Å²) < 4.78 is 15.9. The Morgan fingerprint density at radius 1 is 1.14 bits per heavy atom. The lowest BCUT2D eigenvalue weighted by molar-refractivity contribution is -0.271. The van der Waals surface area contributed by atoms with Gasteiger partial charge in [0.05, 0.1) is 5.69 Å². The molecule has 0 radical (unpaired) electrons. The van der Waals surface area contributed by atoms with Gasteiger partial charge < -0.3 is 45.7 Å². The number of nitrogens with one attached hydrogen (secondary N) is 1. The first-order chi connectivity index (χ1) is 17.3. The summed E-state index contributed by atoms with van der Waals surface area (Å²) in [6.45, 7) is 4.80. The van der Waals surface area contributed by atoms with Gasteiger partial charge in [-0.05, 0) is 23.6 Å². The number of nitrogens with zero attached hydrogens (tertiary/aromatic N) is 1. The van der Waals surface area contributed by atoms with Crippen LogP contribution in [0.5, 0.6) is 5.75 Å². The number of aliphatic hydroxyl groups excluding tert-OH is 3. The number of benzene rings is 1. The Labute approximate surface area is 212 Å². The normalized spacial score (nSPS) is 24.2. The fourth-order valence-corrected chi connectivity index (χ4v) is 3.71. The van der Waals surface area contributed by atoms with Crippen molar-refractivity contribution in [2.24, 2.45) is 11.7 Å². The molecule has 14 nitrogen and oxygen atoms in total. The highest BCUT2D eigenvalue weighted by Crippen LogP contribution is 2.31. The highest BCUT2D eigenvalue weighted by atomic mass is 16.7. The lowest BCUT2D eigenvalue weighted by Crippen LogP contribution is -2.61. The van der Waals surface area contributed by atoms with Crippen molar-refractivity contribution in [1.29, 1.82) is 0 Å². The third-order valence-electron chi connectivity index (χ3n) is 5.69. The average molecular weight is 528 g/mol. The number of carboxylic acid groups (broad SMARTS) is 1. The molecule has 7 N–H and O–H groups in total. The van der Waals surface area contributed by atoms with Crippen LogP contribution in [0, 0.1) is 5.92 Å². The van der Waals surface area contributed by atoms with Crippen molar-refractivity contribution in [1.82, 2.24) is 4.90 Å². The molecule has 0 bridgehead atoms. The Balaban J connectivity index is 2.23. The second kappa shape index (κ2) is 12.7. The van der Waals surface area contributed by atoms with E-state index in [9.17, 15) is 39.6 Å². The van der Waals surface area contributed by atoms with Gasteiger partial charge in [-0.15, -0.1) is 0 Å². The molecule has 206 valence electrons. The molecule has 1 aromatic carbocycles. The van der Waals surface area contributed by atoms with E-state index in [1.165, 1.54) is 25.2 Å². The van der Waals surface area contributed by atoms with Gasteiger partial charge >= 0.3 is 12.1 Å². The molecule has 0 spiro atoms. The third kappa shape index (κ3) is 7.29. The van der Waals surface area contributed by atoms with Gasteiger partial charge in [-0.2, -0.15) is 0 Å². The topological polar surface area (TPSA) is 218 Å². The van der Waals surface area contributed by atoms with E-state index in [0.29, 0.717) is 5.56 Å². The molecular weight excluding hydrogens is 494 g/mol. The number of carboxylic acids is 1. The Hall–Kier alpha value is -3.46. The number of amides is 3. The predicted octanol–water partition coefficient (Wildman–Crippen LogP) is -0.616. The molecule has 0 aliphatic carbocycles. The summed E-state index contributed by atoms with van der Waals surface area (Å²) in [5.74, 6) is -2.98. The van der Waals surface area contributed by atoms with Crippen molar-refractivity contribution < 1.29 is 53.8 Å². The molecule has 1 saturated heterocycles. The zero-order chi connectivity index (χ0) is 28.0. The summed E-state index contributed by atoms with van der Waals surface area (Å²) >= 11 is 0. The molecule has 2 rings (SSSR count). The van der Waals surface area contributed by atoms with E-state index in [0.717, 1.165) is 4.90 Å². The number of carbonyl (C=O) groups excluding carboxylic acids is 3. The summed E-state index contributed by atoms with van der Waals surface area (Å²) in [5.41, 5.74) is 5.86. The van der Waals surface area contributed by atoms with Crippen LogP contribution < -0.4 is 15.8 Å². The molecule has 1 fully saturated rings. The zero-order valence-electron chi connectivity index (χ0n) is 20.9. The molecular formula is C23H33N3O11. The number of hydrogen-bond acceptors (Lipinski definition) is 10. The van der Waals surface area contributed by atoms with Crippen molar-refractivity contribution in [2.45, 2.75) is 70.5 Å². The van der Waals surface area contributed by atoms with Crippen LogP contribution in [0.3, 0.4) is 0 Å². The van der Waals surface area contributed by atoms with Crippen LogP contribution in [0.1, 0.15) is 32.8 Å². The number of rotatable bonds is 10. The minimum atomic E-state index is -1.90. The number of anilines is 1. The standard InChI is InChI=1S/C23H33N3O11/c1-5-14(27)25-12-8-11(9-35-23(34)26(4)15(10(2)3)20(24)31)6-7-13(12)36-22-18(30)16(28)17(29)19(37-22)21(32)33/h6-8,10,15-19,22,28-30H,5,9H2,1-4H3,(H2,24,31)(H,25,27)(H,32,33)/t15-,16-,17-,18+,19-,22+/m0/s1. The first kappa shape index (κ1) is 29.8. The van der Waals surface area contributed by atoms with Crippen molar-refractivity contribution in [3.63, 3.8) is 0 Å². The summed E-state index contributed by atoms with van der Waals surface area (Å²) in [5, 5.41) is 41.9. The summed E-state index contributed by atoms with van der Waals surface area (Å²) in [6, 6.07) is 3.35. The zero-order valence-corrected chi connectivity index (χ0v) is 20.9. The monoisotopic (exact) mass is 527 g/mol. The Bertz CT molecular complexity index is 1000. The quantitative estimate of drug-likeness (QED) is 0.225. The Morgan fingerprint density at radius 2 is 1.78 bits per heavy atom. The second-order valence-electron chi connectivity index (χ2n) is 8.84. The molecule has 1 heterocycles. The summed E-state index contributed by atoms with van der Waals surface area (Å²) in [4.78, 5) is 48.6. The molecule has 3 amide bonds. The van der Waals surface area contributed by atoms with Gasteiger partial charge in [0.1, 0.15) is 36.7 Å². The van der Waals surface area contributed by atoms with Crippen molar-refractivity contribution in [3.8, 4) is 5.75 Å². The fourth-order valence-electron chi connectivity index (χ4n) is 3.71. The van der Waals surface area contributed by atoms with Gasteiger partial charge in [-0.25, -0.2) is 9.59 Å². The van der Waals surface area contributed by atoms with Crippen molar-refractivity contribution >= 4 is 29.6 Å². The van der Waals surface area contributed by atoms with Gasteiger partial charge in [0.15, 0.2) is 6.10 Å². The SMILES string of the molecule is CCC(=O)Nc1cc(COC(=O)N(C)[C@H](C(N)=O)C(C)C)ccc1O[C@@H]1O[C@H](C(=O)O)[C@@H](O)[C@H](O)[C@H]1O. The minimum Gasteiger partial charge on any atom is -0.479 e. The second-order valence-corrected chi connectivity index (χ2v) is 8.84. The number of likely N-dealkylation sites (N-methyl/N-ethyl adjacent to an activating group) is 1. The van der Waals surface area contributed by atoms with Gasteiger partial charge in [-0.1, -0.05) is 26.8 Å². The third-order valence-corrected chi connectivity index (χ3v) is 5.69. The smallest absolute Gasteiger partial charge is 0.410 e. The van der Waals surface area contributed by atoms with E-state index in [4.69, 9.17) is 19.9 Å². The van der Waals surface area contributed by atoms with E-state index in [-0.39, 0.29) is 30.4 Å². The molecule has 0 saturated carbocycles. The first-order valence-electron chi connectivity index (χ1n) is 11.5. The molecule has 0 unspecified atom stereocenters. The summed E-state index contributed by atoms with van der Waals surface area (Å²) in [6.07, 6.45) is -9.86. The van der Waals surface area contributed by atoms with Crippen molar-refractivity contribution in [2.75, 3.05) is 12.4 Å². The number of nitrogens with two attached hydrogens (primary N) is 1. The molecule has 1 aliphatic heterocycles. The van der Waals surface area contributed by atoms with Crippen LogP contribution in [-0.2, 0) is 30.5 Å². The maximum atomic E-state index is 12.4. The van der Waals surface area contributed by atoms with E-state index in [1.54, 1.807) is 20.8 Å². The van der Waals surface area contributed by atoms with E-state index >= 15 is 0 Å². The van der Waals surface area contributed by atoms with Crippen LogP contribution in [0.2, 0.25) is 0 Å². The van der Waals surface area contributed by atoms with E-state index in [2.05, 4.69) is 5.32 Å². The molecule has 37 heavy (non-hydrogen) atoms. The van der Waals surface area contributed by atoms with Gasteiger partial charge in [0, 0.05) is 13.5 Å². The number of aliphatic hydroxyl groups is 3. The lowest BCUT2D eigenvalue weighted by Gasteiger charge is -2.38. The number of primary amides is 1. The average Bonchev–Trinajstić information content (AvgIpc) is 2.83. The number of carbonyl (C=O) groups is 4. The van der Waals surface area contributed by atoms with Gasteiger partial charge in [-0.3, -0.25) is 14.5 Å². The maximum Gasteiger partial charge on any atom is 0.410 e. The summed E-state index contributed by atoms with van der Waals surface area (Å²) in [7, 11) is 1.38. The molecule has 0 aromatic heterocycles. The van der Waals surface area contributed by atoms with Crippen LogP contribution in [0.4, 0.5) is 10.5 Å². The van der Waals surface area contributed by atoms with Crippen LogP contribution in [-0.4, -0.2) is 93.0 Å². The maximum absolute atomic E-state index is 12.4. The number of ether oxygens (including phenoxy) is 3. The first-order valence-corrected chi connectivity index (χ1v) is 11.5. The molecule has 1 aromatic rings. The highest BCUT2D eigenvalue weighted by Gasteiger charge is 2.48. The Morgan fingerprint density at radius 3 is 2.32 bits per heavy atom. The number of aliphatic carboxylic acids is 1. The van der Waals surface area contributed by atoms with Gasteiger partial charge in [0.2, 0.25) is 18.1 Å². The largest absolute Gasteiger partial charge is 0.479 e. The molecule has 14 heteroatoms. The van der Waals surface area contributed by atoms with E-state index < -0.39 is 60.6 Å². The molecule has 1 aliphatic rings. The number of hydrogen-bond donors (Lipinski definition) is 6. The fraction of sp³-hybridized carbons (Fsp3) is 0.565. The van der Waals surface area contributed by atoms with Crippen LogP contribution in [0.15, 0.2) is 18.2 Å². The van der Waals surface area contributed by atoms with E-state index in [1.807, 2.05) is 0 Å². The minimum absolute atomic E-state index is 0.0561. The highest BCUT2D eigenvalue weighted by molar-refractivity contribution is 5.92. The van der Waals surface area contributed by atoms with Crippen molar-refractivity contribution in [3.05, 3.63) is 23.8 Å². The van der Waals surface area contributed by atoms with Gasteiger partial charge in [0.25, 0.3) is 0 Å². The van der Waals surface area contributed by atoms with Crippen LogP contribution in [0.25, 0.3) is 0 Å². The lowest BCUT2D eigenvalue weighted by atomic mass is 9.99.